The van der Waals surface area contributed by atoms with Gasteiger partial charge in [0.2, 0.25) is 0 Å². The zero-order chi connectivity index (χ0) is 22.3. The molecule has 5 nitrogen and oxygen atoms in total. The highest BCUT2D eigenvalue weighted by Crippen LogP contribution is 2.33. The number of benzene rings is 2. The number of nitrogens with two attached hydrogens (primary N) is 1. The highest BCUT2D eigenvalue weighted by Gasteiger charge is 2.21. The molecule has 2 N–H and O–H groups in total. The van der Waals surface area contributed by atoms with Crippen molar-refractivity contribution in [2.45, 2.75) is 64.8 Å². The van der Waals surface area contributed by atoms with Crippen molar-refractivity contribution in [3.63, 3.8) is 0 Å². The van der Waals surface area contributed by atoms with E-state index in [4.69, 9.17) is 10.8 Å². The summed E-state index contributed by atoms with van der Waals surface area (Å²) in [5.41, 5.74) is 11.7. The van der Waals surface area contributed by atoms with Crippen molar-refractivity contribution in [2.75, 3.05) is 5.73 Å². The molecule has 4 rings (SSSR count). The maximum atomic E-state index is 6.32. The van der Waals surface area contributed by atoms with Gasteiger partial charge in [0.05, 0.1) is 11.4 Å². The first-order valence-electron chi connectivity index (χ1n) is 11.8. The molecule has 2 aromatic heterocycles. The summed E-state index contributed by atoms with van der Waals surface area (Å²) in [6.07, 6.45) is 9.58. The zero-order valence-corrected chi connectivity index (χ0v) is 19.2. The van der Waals surface area contributed by atoms with Crippen molar-refractivity contribution < 1.29 is 0 Å². The summed E-state index contributed by atoms with van der Waals surface area (Å²) in [6, 6.07) is 19.5. The van der Waals surface area contributed by atoms with Gasteiger partial charge in [-0.3, -0.25) is 0 Å². The standard InChI is InChI=1S/C27H33N5/c1-3-5-6-10-13-23(4-2)32-27-24(26(28)29-19-30-27)25(31-32)22-16-14-21(15-17-22)18-20-11-8-7-9-12-20/h7-9,11-12,14-17,19,23H,3-6,10,13,18H2,1-2H3,(H2,28,29,30). The molecular weight excluding hydrogens is 394 g/mol. The van der Waals surface area contributed by atoms with Crippen LogP contribution in [-0.2, 0) is 6.42 Å². The van der Waals surface area contributed by atoms with E-state index in [0.29, 0.717) is 11.9 Å². The fourth-order valence-electron chi connectivity index (χ4n) is 4.37. The minimum absolute atomic E-state index is 0.315. The van der Waals surface area contributed by atoms with Crippen molar-refractivity contribution in [2.24, 2.45) is 0 Å². The summed E-state index contributed by atoms with van der Waals surface area (Å²) in [6.45, 7) is 4.47. The van der Waals surface area contributed by atoms with Gasteiger partial charge in [0.25, 0.3) is 0 Å². The summed E-state index contributed by atoms with van der Waals surface area (Å²) in [5, 5.41) is 5.90. The summed E-state index contributed by atoms with van der Waals surface area (Å²) in [5.74, 6) is 0.491. The second-order valence-corrected chi connectivity index (χ2v) is 8.52. The molecule has 0 saturated heterocycles. The summed E-state index contributed by atoms with van der Waals surface area (Å²) < 4.78 is 2.09. The predicted octanol–water partition coefficient (Wildman–Crippen LogP) is 6.59. The van der Waals surface area contributed by atoms with E-state index in [1.807, 2.05) is 6.07 Å². The lowest BCUT2D eigenvalue weighted by molar-refractivity contribution is 0.404. The van der Waals surface area contributed by atoms with E-state index in [2.05, 4.69) is 77.0 Å². The van der Waals surface area contributed by atoms with Gasteiger partial charge in [0.15, 0.2) is 5.65 Å². The van der Waals surface area contributed by atoms with E-state index in [1.54, 1.807) is 6.33 Å². The number of nitrogen functional groups attached to an aromatic ring is 1. The molecule has 0 fully saturated rings. The van der Waals surface area contributed by atoms with E-state index >= 15 is 0 Å². The minimum atomic E-state index is 0.315. The van der Waals surface area contributed by atoms with Gasteiger partial charge < -0.3 is 5.73 Å². The number of hydrogen-bond donors (Lipinski definition) is 1. The Bertz CT molecular complexity index is 1130. The average molecular weight is 428 g/mol. The molecule has 0 radical (unpaired) electrons. The summed E-state index contributed by atoms with van der Waals surface area (Å²) in [4.78, 5) is 8.85. The quantitative estimate of drug-likeness (QED) is 0.290. The lowest BCUT2D eigenvalue weighted by atomic mass is 10.0. The Balaban J connectivity index is 1.65. The molecule has 166 valence electrons. The Hall–Kier alpha value is -3.21. The molecule has 32 heavy (non-hydrogen) atoms. The van der Waals surface area contributed by atoms with Gasteiger partial charge in [-0.1, -0.05) is 94.1 Å². The second kappa shape index (κ2) is 10.4. The fraction of sp³-hybridized carbons (Fsp3) is 0.370. The SMILES string of the molecule is CCCCCCC(CC)n1nc(-c2ccc(Cc3ccccc3)cc2)c2c(N)ncnc21. The molecule has 5 heteroatoms. The van der Waals surface area contributed by atoms with E-state index < -0.39 is 0 Å². The largest absolute Gasteiger partial charge is 0.383 e. The average Bonchev–Trinajstić information content (AvgIpc) is 3.21. The highest BCUT2D eigenvalue weighted by atomic mass is 15.3. The van der Waals surface area contributed by atoms with Gasteiger partial charge in [0, 0.05) is 5.56 Å². The van der Waals surface area contributed by atoms with Crippen LogP contribution in [-0.4, -0.2) is 19.7 Å². The van der Waals surface area contributed by atoms with Crippen molar-refractivity contribution in [3.8, 4) is 11.3 Å². The second-order valence-electron chi connectivity index (χ2n) is 8.52. The fourth-order valence-corrected chi connectivity index (χ4v) is 4.37. The number of hydrogen-bond acceptors (Lipinski definition) is 4. The number of rotatable bonds is 10. The molecule has 0 aliphatic carbocycles. The summed E-state index contributed by atoms with van der Waals surface area (Å²) >= 11 is 0. The number of anilines is 1. The molecule has 0 bridgehead atoms. The normalized spacial score (nSPS) is 12.3. The summed E-state index contributed by atoms with van der Waals surface area (Å²) in [7, 11) is 0. The van der Waals surface area contributed by atoms with Gasteiger partial charge >= 0.3 is 0 Å². The highest BCUT2D eigenvalue weighted by molar-refractivity contribution is 5.98. The number of fused-ring (bicyclic) bond motifs is 1. The van der Waals surface area contributed by atoms with E-state index in [1.165, 1.54) is 36.8 Å². The van der Waals surface area contributed by atoms with Crippen molar-refractivity contribution in [1.29, 1.82) is 0 Å². The van der Waals surface area contributed by atoms with Crippen LogP contribution in [0.1, 0.15) is 69.5 Å². The third kappa shape index (κ3) is 4.82. The Kier molecular flexibility index (Phi) is 7.15. The third-order valence-electron chi connectivity index (χ3n) is 6.20. The molecule has 1 unspecified atom stereocenters. The maximum absolute atomic E-state index is 6.32. The van der Waals surface area contributed by atoms with Crippen LogP contribution >= 0.6 is 0 Å². The molecule has 2 heterocycles. The molecule has 2 aromatic carbocycles. The Morgan fingerprint density at radius 3 is 2.34 bits per heavy atom. The molecule has 1 atom stereocenters. The van der Waals surface area contributed by atoms with Crippen LogP contribution in [0.3, 0.4) is 0 Å². The van der Waals surface area contributed by atoms with Crippen molar-refractivity contribution in [1.82, 2.24) is 19.7 Å². The molecule has 0 amide bonds. The Labute approximate surface area is 190 Å². The van der Waals surface area contributed by atoms with Crippen LogP contribution in [0, 0.1) is 0 Å². The van der Waals surface area contributed by atoms with Crippen LogP contribution in [0.25, 0.3) is 22.3 Å². The third-order valence-corrected chi connectivity index (χ3v) is 6.20. The van der Waals surface area contributed by atoms with Crippen LogP contribution < -0.4 is 5.73 Å². The molecule has 4 aromatic rings. The predicted molar refractivity (Wildman–Crippen MR) is 133 cm³/mol. The molecule has 0 aliphatic rings. The van der Waals surface area contributed by atoms with Crippen molar-refractivity contribution >= 4 is 16.9 Å². The van der Waals surface area contributed by atoms with Crippen LogP contribution in [0.5, 0.6) is 0 Å². The smallest absolute Gasteiger partial charge is 0.164 e. The van der Waals surface area contributed by atoms with E-state index in [0.717, 1.165) is 41.6 Å². The first kappa shape index (κ1) is 22.0. The first-order chi connectivity index (χ1) is 15.7. The maximum Gasteiger partial charge on any atom is 0.164 e. The monoisotopic (exact) mass is 427 g/mol. The molecule has 0 spiro atoms. The first-order valence-corrected chi connectivity index (χ1v) is 11.8. The lowest BCUT2D eigenvalue weighted by Gasteiger charge is -2.16. The number of aromatic nitrogens is 4. The van der Waals surface area contributed by atoms with E-state index in [9.17, 15) is 0 Å². The molecule has 0 aliphatic heterocycles. The number of unbranched alkanes of at least 4 members (excludes halogenated alkanes) is 3. The number of nitrogens with zero attached hydrogens (tertiary/aromatic N) is 4. The van der Waals surface area contributed by atoms with Gasteiger partial charge in [-0.15, -0.1) is 0 Å². The molecule has 0 saturated carbocycles. The van der Waals surface area contributed by atoms with Crippen molar-refractivity contribution in [3.05, 3.63) is 72.1 Å². The lowest BCUT2D eigenvalue weighted by Crippen LogP contribution is -2.11. The Morgan fingerprint density at radius 2 is 1.62 bits per heavy atom. The van der Waals surface area contributed by atoms with Gasteiger partial charge in [-0.2, -0.15) is 5.10 Å². The van der Waals surface area contributed by atoms with Crippen LogP contribution in [0.4, 0.5) is 5.82 Å². The minimum Gasteiger partial charge on any atom is -0.383 e. The van der Waals surface area contributed by atoms with Crippen LogP contribution in [0.15, 0.2) is 60.9 Å². The zero-order valence-electron chi connectivity index (χ0n) is 19.2. The van der Waals surface area contributed by atoms with Crippen LogP contribution in [0.2, 0.25) is 0 Å². The molecular formula is C27H33N5. The van der Waals surface area contributed by atoms with Gasteiger partial charge in [-0.25, -0.2) is 14.6 Å². The Morgan fingerprint density at radius 1 is 0.875 bits per heavy atom. The van der Waals surface area contributed by atoms with E-state index in [-0.39, 0.29) is 0 Å². The topological polar surface area (TPSA) is 69.6 Å². The van der Waals surface area contributed by atoms with Gasteiger partial charge in [0.1, 0.15) is 17.8 Å². The van der Waals surface area contributed by atoms with Gasteiger partial charge in [-0.05, 0) is 30.4 Å².